The summed E-state index contributed by atoms with van der Waals surface area (Å²) < 4.78 is 47.3. The molecular formula is C24H21F3N2O. The third-order valence-electron chi connectivity index (χ3n) is 4.90. The van der Waals surface area contributed by atoms with E-state index in [1.165, 1.54) is 6.07 Å². The van der Waals surface area contributed by atoms with Crippen LogP contribution in [0.1, 0.15) is 28.1 Å². The first-order valence-corrected chi connectivity index (χ1v) is 9.61. The molecule has 6 heteroatoms. The Kier molecular flexibility index (Phi) is 5.24. The molecule has 4 aromatic rings. The topological polar surface area (TPSA) is 27.1 Å². The van der Waals surface area contributed by atoms with Gasteiger partial charge in [0.25, 0.3) is 0 Å². The lowest BCUT2D eigenvalue weighted by Crippen LogP contribution is -2.08. The minimum atomic E-state index is -4.41. The number of nitrogens with zero attached hydrogens (tertiary/aromatic N) is 2. The quantitative estimate of drug-likeness (QED) is 0.386. The van der Waals surface area contributed by atoms with Gasteiger partial charge in [0.1, 0.15) is 18.2 Å². The number of aryl methyl sites for hydroxylation is 2. The summed E-state index contributed by atoms with van der Waals surface area (Å²) in [6.45, 7) is 4.63. The van der Waals surface area contributed by atoms with Gasteiger partial charge < -0.3 is 9.30 Å². The molecule has 0 atom stereocenters. The van der Waals surface area contributed by atoms with E-state index in [-0.39, 0.29) is 6.61 Å². The van der Waals surface area contributed by atoms with Crippen molar-refractivity contribution in [2.75, 3.05) is 0 Å². The first kappa shape index (κ1) is 20.0. The number of aromatic nitrogens is 2. The Morgan fingerprint density at radius 2 is 1.60 bits per heavy atom. The number of benzene rings is 3. The van der Waals surface area contributed by atoms with Crippen molar-refractivity contribution in [3.8, 4) is 5.75 Å². The number of rotatable bonds is 5. The fraction of sp³-hybridized carbons (Fsp3) is 0.208. The molecule has 1 aromatic heterocycles. The molecule has 4 rings (SSSR count). The molecule has 0 radical (unpaired) electrons. The summed E-state index contributed by atoms with van der Waals surface area (Å²) in [5.74, 6) is 1.29. The molecule has 3 aromatic carbocycles. The normalized spacial score (nSPS) is 11.8. The molecule has 3 nitrogen and oxygen atoms in total. The zero-order valence-electron chi connectivity index (χ0n) is 16.7. The number of hydrogen-bond acceptors (Lipinski definition) is 2. The summed E-state index contributed by atoms with van der Waals surface area (Å²) in [6, 6.07) is 19.3. The predicted molar refractivity (Wildman–Crippen MR) is 111 cm³/mol. The summed E-state index contributed by atoms with van der Waals surface area (Å²) >= 11 is 0. The molecule has 1 heterocycles. The van der Waals surface area contributed by atoms with E-state index in [0.29, 0.717) is 29.2 Å². The van der Waals surface area contributed by atoms with Gasteiger partial charge in [0.05, 0.1) is 16.6 Å². The van der Waals surface area contributed by atoms with Crippen LogP contribution in [0.3, 0.4) is 0 Å². The van der Waals surface area contributed by atoms with Crippen molar-refractivity contribution in [2.24, 2.45) is 0 Å². The van der Waals surface area contributed by atoms with Gasteiger partial charge in [-0.2, -0.15) is 13.2 Å². The lowest BCUT2D eigenvalue weighted by atomic mass is 10.1. The second kappa shape index (κ2) is 7.86. The Bertz CT molecular complexity index is 1160. The zero-order valence-corrected chi connectivity index (χ0v) is 16.7. The summed E-state index contributed by atoms with van der Waals surface area (Å²) in [5.41, 5.74) is 3.44. The number of fused-ring (bicyclic) bond motifs is 1. The second-order valence-corrected chi connectivity index (χ2v) is 7.41. The molecule has 0 aliphatic carbocycles. The molecular weight excluding hydrogens is 389 g/mol. The number of alkyl halides is 3. The minimum Gasteiger partial charge on any atom is -0.486 e. The first-order chi connectivity index (χ1) is 14.3. The van der Waals surface area contributed by atoms with Gasteiger partial charge >= 0.3 is 6.18 Å². The van der Waals surface area contributed by atoms with Gasteiger partial charge in [0.15, 0.2) is 0 Å². The Labute approximate surface area is 172 Å². The van der Waals surface area contributed by atoms with Crippen LogP contribution in [0.5, 0.6) is 5.75 Å². The number of ether oxygens (including phenoxy) is 1. The maximum atomic E-state index is 13.2. The molecule has 0 saturated carbocycles. The van der Waals surface area contributed by atoms with Gasteiger partial charge in [-0.15, -0.1) is 0 Å². The van der Waals surface area contributed by atoms with E-state index in [1.807, 2.05) is 60.9 Å². The average Bonchev–Trinajstić information content (AvgIpc) is 3.02. The minimum absolute atomic E-state index is 0.158. The highest BCUT2D eigenvalue weighted by atomic mass is 19.4. The van der Waals surface area contributed by atoms with Crippen molar-refractivity contribution >= 4 is 11.0 Å². The van der Waals surface area contributed by atoms with Crippen molar-refractivity contribution in [3.63, 3.8) is 0 Å². The molecule has 0 aliphatic rings. The van der Waals surface area contributed by atoms with Crippen LogP contribution in [-0.2, 0) is 19.3 Å². The third-order valence-corrected chi connectivity index (χ3v) is 4.90. The maximum Gasteiger partial charge on any atom is 0.416 e. The van der Waals surface area contributed by atoms with Crippen LogP contribution in [0.25, 0.3) is 11.0 Å². The van der Waals surface area contributed by atoms with Gasteiger partial charge in [-0.1, -0.05) is 36.4 Å². The SMILES string of the molecule is Cc1cc(C)cc(OCc2nc3cc(C(F)(F)F)ccc3n2Cc2ccccc2)c1. The Morgan fingerprint density at radius 3 is 2.27 bits per heavy atom. The van der Waals surface area contributed by atoms with E-state index in [0.717, 1.165) is 28.8 Å². The average molecular weight is 410 g/mol. The Hall–Kier alpha value is -3.28. The number of hydrogen-bond donors (Lipinski definition) is 0. The molecule has 0 saturated heterocycles. The smallest absolute Gasteiger partial charge is 0.416 e. The molecule has 0 amide bonds. The third kappa shape index (κ3) is 4.32. The van der Waals surface area contributed by atoms with Gasteiger partial charge in [-0.3, -0.25) is 0 Å². The molecule has 0 fully saturated rings. The van der Waals surface area contributed by atoms with Crippen LogP contribution < -0.4 is 4.74 Å². The van der Waals surface area contributed by atoms with E-state index in [4.69, 9.17) is 4.74 Å². The number of halogens is 3. The van der Waals surface area contributed by atoms with Crippen molar-refractivity contribution in [1.82, 2.24) is 9.55 Å². The van der Waals surface area contributed by atoms with Crippen molar-refractivity contribution < 1.29 is 17.9 Å². The molecule has 0 unspecified atom stereocenters. The van der Waals surface area contributed by atoms with Crippen LogP contribution in [-0.4, -0.2) is 9.55 Å². The zero-order chi connectivity index (χ0) is 21.3. The fourth-order valence-electron chi connectivity index (χ4n) is 3.57. The van der Waals surface area contributed by atoms with E-state index < -0.39 is 11.7 Å². The molecule has 0 N–H and O–H groups in total. The van der Waals surface area contributed by atoms with E-state index in [9.17, 15) is 13.2 Å². The van der Waals surface area contributed by atoms with Crippen LogP contribution in [0.4, 0.5) is 13.2 Å². The highest BCUT2D eigenvalue weighted by Gasteiger charge is 2.31. The van der Waals surface area contributed by atoms with Gasteiger partial charge in [0.2, 0.25) is 0 Å². The molecule has 30 heavy (non-hydrogen) atoms. The van der Waals surface area contributed by atoms with Gasteiger partial charge in [-0.25, -0.2) is 4.98 Å². The van der Waals surface area contributed by atoms with Crippen molar-refractivity contribution in [2.45, 2.75) is 33.2 Å². The lowest BCUT2D eigenvalue weighted by molar-refractivity contribution is -0.137. The highest BCUT2D eigenvalue weighted by molar-refractivity contribution is 5.77. The second-order valence-electron chi connectivity index (χ2n) is 7.41. The number of imidazole rings is 1. The standard InChI is InChI=1S/C24H21F3N2O/c1-16-10-17(2)12-20(11-16)30-15-23-28-21-13-19(24(25,26)27)8-9-22(21)29(23)14-18-6-4-3-5-7-18/h3-13H,14-15H2,1-2H3. The summed E-state index contributed by atoms with van der Waals surface area (Å²) in [7, 11) is 0. The highest BCUT2D eigenvalue weighted by Crippen LogP contribution is 2.32. The molecule has 154 valence electrons. The maximum absolute atomic E-state index is 13.2. The van der Waals surface area contributed by atoms with Crippen LogP contribution >= 0.6 is 0 Å². The summed E-state index contributed by atoms with van der Waals surface area (Å²) in [4.78, 5) is 4.48. The van der Waals surface area contributed by atoms with Crippen LogP contribution in [0.2, 0.25) is 0 Å². The largest absolute Gasteiger partial charge is 0.486 e. The van der Waals surface area contributed by atoms with Crippen molar-refractivity contribution in [3.05, 3.63) is 94.8 Å². The molecule has 0 aliphatic heterocycles. The lowest BCUT2D eigenvalue weighted by Gasteiger charge is -2.12. The molecule has 0 spiro atoms. The summed E-state index contributed by atoms with van der Waals surface area (Å²) in [5, 5.41) is 0. The Morgan fingerprint density at radius 1 is 0.900 bits per heavy atom. The van der Waals surface area contributed by atoms with Crippen LogP contribution in [0, 0.1) is 13.8 Å². The molecule has 0 bridgehead atoms. The monoisotopic (exact) mass is 410 g/mol. The first-order valence-electron chi connectivity index (χ1n) is 9.61. The predicted octanol–water partition coefficient (Wildman–Crippen LogP) is 6.30. The van der Waals surface area contributed by atoms with Crippen molar-refractivity contribution in [1.29, 1.82) is 0 Å². The van der Waals surface area contributed by atoms with E-state index >= 15 is 0 Å². The fourth-order valence-corrected chi connectivity index (χ4v) is 3.57. The van der Waals surface area contributed by atoms with Gasteiger partial charge in [0, 0.05) is 6.54 Å². The Balaban J connectivity index is 1.72. The summed E-state index contributed by atoms with van der Waals surface area (Å²) in [6.07, 6.45) is -4.41. The van der Waals surface area contributed by atoms with E-state index in [2.05, 4.69) is 11.1 Å². The van der Waals surface area contributed by atoms with E-state index in [1.54, 1.807) is 0 Å². The van der Waals surface area contributed by atoms with Gasteiger partial charge in [-0.05, 0) is 60.9 Å². The van der Waals surface area contributed by atoms with Crippen LogP contribution in [0.15, 0.2) is 66.7 Å².